The molecule has 1 saturated heterocycles. The predicted octanol–water partition coefficient (Wildman–Crippen LogP) is 2.46. The number of nitrogens with one attached hydrogen (secondary N) is 1. The zero-order valence-corrected chi connectivity index (χ0v) is 15.7. The Balaban J connectivity index is 1.37. The fourth-order valence-corrected chi connectivity index (χ4v) is 4.56. The summed E-state index contributed by atoms with van der Waals surface area (Å²) in [5, 5.41) is 3.84. The van der Waals surface area contributed by atoms with Gasteiger partial charge >= 0.3 is 0 Å². The van der Waals surface area contributed by atoms with E-state index in [-0.39, 0.29) is 5.56 Å². The SMILES string of the molecule is Cn1ccnc(N2CCC[C@@H](NC3CC(C)(c4ccccc4)C3)C2)c1=O. The molecule has 1 N–H and O–H groups in total. The van der Waals surface area contributed by atoms with Crippen LogP contribution in [0.2, 0.25) is 0 Å². The summed E-state index contributed by atoms with van der Waals surface area (Å²) in [7, 11) is 1.78. The third-order valence-corrected chi connectivity index (χ3v) is 6.06. The minimum absolute atomic E-state index is 0.00607. The van der Waals surface area contributed by atoms with Crippen LogP contribution >= 0.6 is 0 Å². The summed E-state index contributed by atoms with van der Waals surface area (Å²) in [6, 6.07) is 11.8. The largest absolute Gasteiger partial charge is 0.350 e. The standard InChI is InChI=1S/C21H28N4O/c1-21(16-7-4-3-5-8-16)13-18(14-21)23-17-9-6-11-25(15-17)19-20(26)24(2)12-10-22-19/h3-5,7-8,10,12,17-18,23H,6,9,11,13-15H2,1-2H3/t17-,18?,21?/m1/s1. The Labute approximate surface area is 155 Å². The molecular weight excluding hydrogens is 324 g/mol. The van der Waals surface area contributed by atoms with Crippen molar-refractivity contribution in [2.24, 2.45) is 7.05 Å². The number of rotatable bonds is 4. The van der Waals surface area contributed by atoms with Crippen LogP contribution in [0.4, 0.5) is 5.82 Å². The van der Waals surface area contributed by atoms with Gasteiger partial charge in [-0.25, -0.2) is 4.98 Å². The first kappa shape index (κ1) is 17.3. The van der Waals surface area contributed by atoms with Crippen LogP contribution in [0, 0.1) is 0 Å². The minimum Gasteiger partial charge on any atom is -0.350 e. The van der Waals surface area contributed by atoms with Gasteiger partial charge in [0.25, 0.3) is 5.56 Å². The quantitative estimate of drug-likeness (QED) is 0.918. The molecule has 1 aromatic heterocycles. The van der Waals surface area contributed by atoms with Crippen molar-refractivity contribution in [3.8, 4) is 0 Å². The molecule has 1 aliphatic heterocycles. The van der Waals surface area contributed by atoms with Crippen molar-refractivity contribution in [3.05, 3.63) is 58.6 Å². The number of anilines is 1. The molecule has 4 rings (SSSR count). The summed E-state index contributed by atoms with van der Waals surface area (Å²) in [5.41, 5.74) is 1.73. The van der Waals surface area contributed by atoms with Crippen LogP contribution in [-0.2, 0) is 12.5 Å². The Morgan fingerprint density at radius 2 is 1.96 bits per heavy atom. The monoisotopic (exact) mass is 352 g/mol. The van der Waals surface area contributed by atoms with Gasteiger partial charge in [0.1, 0.15) is 0 Å². The highest BCUT2D eigenvalue weighted by Gasteiger charge is 2.42. The van der Waals surface area contributed by atoms with E-state index in [0.717, 1.165) is 19.5 Å². The minimum atomic E-state index is -0.00607. The van der Waals surface area contributed by atoms with Gasteiger partial charge < -0.3 is 14.8 Å². The maximum Gasteiger partial charge on any atom is 0.293 e. The van der Waals surface area contributed by atoms with Crippen LogP contribution in [0.3, 0.4) is 0 Å². The molecule has 0 unspecified atom stereocenters. The number of benzene rings is 1. The highest BCUT2D eigenvalue weighted by Crippen LogP contribution is 2.43. The molecule has 0 spiro atoms. The lowest BCUT2D eigenvalue weighted by Crippen LogP contribution is -2.57. The third kappa shape index (κ3) is 3.28. The normalized spacial score (nSPS) is 28.6. The zero-order chi connectivity index (χ0) is 18.1. The van der Waals surface area contributed by atoms with Crippen molar-refractivity contribution >= 4 is 5.82 Å². The van der Waals surface area contributed by atoms with Crippen molar-refractivity contribution in [1.82, 2.24) is 14.9 Å². The van der Waals surface area contributed by atoms with Gasteiger partial charge in [-0.1, -0.05) is 37.3 Å². The van der Waals surface area contributed by atoms with E-state index >= 15 is 0 Å². The van der Waals surface area contributed by atoms with Gasteiger partial charge in [-0.15, -0.1) is 0 Å². The van der Waals surface area contributed by atoms with E-state index < -0.39 is 0 Å². The number of nitrogens with zero attached hydrogens (tertiary/aromatic N) is 3. The molecular formula is C21H28N4O. The average Bonchev–Trinajstić information content (AvgIpc) is 2.63. The molecule has 2 aliphatic rings. The van der Waals surface area contributed by atoms with E-state index in [0.29, 0.717) is 23.3 Å². The maximum atomic E-state index is 12.3. The number of piperidine rings is 1. The van der Waals surface area contributed by atoms with Crippen LogP contribution in [0.5, 0.6) is 0 Å². The molecule has 5 heteroatoms. The molecule has 5 nitrogen and oxygen atoms in total. The Bertz CT molecular complexity index is 810. The summed E-state index contributed by atoms with van der Waals surface area (Å²) in [6.07, 6.45) is 8.05. The molecule has 0 radical (unpaired) electrons. The van der Waals surface area contributed by atoms with E-state index in [1.54, 1.807) is 24.0 Å². The lowest BCUT2D eigenvalue weighted by Gasteiger charge is -2.48. The van der Waals surface area contributed by atoms with Gasteiger partial charge in [0.05, 0.1) is 0 Å². The third-order valence-electron chi connectivity index (χ3n) is 6.06. The van der Waals surface area contributed by atoms with Gasteiger partial charge in [0.15, 0.2) is 5.82 Å². The van der Waals surface area contributed by atoms with Crippen LogP contribution in [0.1, 0.15) is 38.2 Å². The predicted molar refractivity (Wildman–Crippen MR) is 105 cm³/mol. The molecule has 26 heavy (non-hydrogen) atoms. The second-order valence-electron chi connectivity index (χ2n) is 8.15. The second kappa shape index (κ2) is 6.88. The van der Waals surface area contributed by atoms with Gasteiger partial charge in [0, 0.05) is 44.6 Å². The first-order valence-electron chi connectivity index (χ1n) is 9.63. The van der Waals surface area contributed by atoms with Gasteiger partial charge in [-0.05, 0) is 36.7 Å². The zero-order valence-electron chi connectivity index (χ0n) is 15.7. The number of aromatic nitrogens is 2. The molecule has 138 valence electrons. The van der Waals surface area contributed by atoms with Gasteiger partial charge in [-0.2, -0.15) is 0 Å². The number of aryl methyl sites for hydroxylation is 1. The maximum absolute atomic E-state index is 12.3. The Morgan fingerprint density at radius 1 is 1.19 bits per heavy atom. The second-order valence-corrected chi connectivity index (χ2v) is 8.15. The molecule has 1 aliphatic carbocycles. The van der Waals surface area contributed by atoms with Crippen molar-refractivity contribution in [1.29, 1.82) is 0 Å². The highest BCUT2D eigenvalue weighted by molar-refractivity contribution is 5.36. The highest BCUT2D eigenvalue weighted by atomic mass is 16.1. The van der Waals surface area contributed by atoms with E-state index in [4.69, 9.17) is 0 Å². The van der Waals surface area contributed by atoms with E-state index in [1.165, 1.54) is 24.8 Å². The van der Waals surface area contributed by atoms with Crippen LogP contribution in [0.15, 0.2) is 47.5 Å². The Kier molecular flexibility index (Phi) is 4.57. The molecule has 0 amide bonds. The summed E-state index contributed by atoms with van der Waals surface area (Å²) < 4.78 is 1.61. The fourth-order valence-electron chi connectivity index (χ4n) is 4.56. The summed E-state index contributed by atoms with van der Waals surface area (Å²) in [4.78, 5) is 18.8. The molecule has 1 saturated carbocycles. The fraction of sp³-hybridized carbons (Fsp3) is 0.524. The molecule has 0 bridgehead atoms. The van der Waals surface area contributed by atoms with E-state index in [2.05, 4.69) is 52.5 Å². The number of hydrogen-bond donors (Lipinski definition) is 1. The smallest absolute Gasteiger partial charge is 0.293 e. The van der Waals surface area contributed by atoms with Crippen LogP contribution in [-0.4, -0.2) is 34.7 Å². The summed E-state index contributed by atoms with van der Waals surface area (Å²) in [5.74, 6) is 0.587. The molecule has 2 aromatic rings. The van der Waals surface area contributed by atoms with Crippen molar-refractivity contribution in [2.75, 3.05) is 18.0 Å². The first-order valence-corrected chi connectivity index (χ1v) is 9.63. The lowest BCUT2D eigenvalue weighted by molar-refractivity contribution is 0.170. The van der Waals surface area contributed by atoms with Gasteiger partial charge in [0.2, 0.25) is 0 Å². The van der Waals surface area contributed by atoms with Crippen molar-refractivity contribution < 1.29 is 0 Å². The summed E-state index contributed by atoms with van der Waals surface area (Å²) in [6.45, 7) is 4.15. The molecule has 1 atom stereocenters. The number of hydrogen-bond acceptors (Lipinski definition) is 4. The van der Waals surface area contributed by atoms with Crippen molar-refractivity contribution in [2.45, 2.75) is 50.1 Å². The Morgan fingerprint density at radius 3 is 2.73 bits per heavy atom. The van der Waals surface area contributed by atoms with Crippen LogP contribution < -0.4 is 15.8 Å². The topological polar surface area (TPSA) is 50.2 Å². The Hall–Kier alpha value is -2.14. The van der Waals surface area contributed by atoms with Gasteiger partial charge in [-0.3, -0.25) is 4.79 Å². The van der Waals surface area contributed by atoms with E-state index in [1.807, 2.05) is 0 Å². The molecule has 2 heterocycles. The summed E-state index contributed by atoms with van der Waals surface area (Å²) >= 11 is 0. The van der Waals surface area contributed by atoms with E-state index in [9.17, 15) is 4.79 Å². The molecule has 1 aromatic carbocycles. The molecule has 2 fully saturated rings. The first-order chi connectivity index (χ1) is 12.5. The lowest BCUT2D eigenvalue weighted by atomic mass is 9.63. The average molecular weight is 352 g/mol. The van der Waals surface area contributed by atoms with Crippen LogP contribution in [0.25, 0.3) is 0 Å². The van der Waals surface area contributed by atoms with Crippen molar-refractivity contribution in [3.63, 3.8) is 0 Å².